The first-order valence-corrected chi connectivity index (χ1v) is 10.2. The van der Waals surface area contributed by atoms with E-state index in [1.807, 2.05) is 0 Å². The van der Waals surface area contributed by atoms with Crippen LogP contribution < -0.4 is 4.74 Å². The first kappa shape index (κ1) is 20.4. The van der Waals surface area contributed by atoms with Crippen molar-refractivity contribution in [2.45, 2.75) is 30.0 Å². The van der Waals surface area contributed by atoms with Crippen molar-refractivity contribution in [2.24, 2.45) is 0 Å². The van der Waals surface area contributed by atoms with Crippen LogP contribution in [-0.2, 0) is 28.4 Å². The van der Waals surface area contributed by atoms with Crippen LogP contribution in [0.25, 0.3) is 0 Å². The lowest BCUT2D eigenvalue weighted by atomic mass is 9.95. The average Bonchev–Trinajstić information content (AvgIpc) is 2.85. The van der Waals surface area contributed by atoms with Crippen molar-refractivity contribution in [2.75, 3.05) is 19.9 Å². The summed E-state index contributed by atoms with van der Waals surface area (Å²) in [5, 5.41) is 0. The van der Waals surface area contributed by atoms with Crippen molar-refractivity contribution in [3.63, 3.8) is 0 Å². The van der Waals surface area contributed by atoms with E-state index < -0.39 is 28.9 Å². The Morgan fingerprint density at radius 3 is 2.43 bits per heavy atom. The number of alkyl halides is 3. The van der Waals surface area contributed by atoms with Gasteiger partial charge in [-0.3, -0.25) is 9.00 Å². The molecule has 150 valence electrons. The van der Waals surface area contributed by atoms with Crippen molar-refractivity contribution < 1.29 is 26.9 Å². The molecule has 1 aliphatic heterocycles. The van der Waals surface area contributed by atoms with Gasteiger partial charge in [0.25, 0.3) is 0 Å². The Hall–Kier alpha value is -2.35. The Kier molecular flexibility index (Phi) is 5.79. The first-order valence-electron chi connectivity index (χ1n) is 8.68. The topological polar surface area (TPSA) is 46.6 Å². The number of rotatable bonds is 3. The maximum absolute atomic E-state index is 13.2. The molecule has 0 aromatic heterocycles. The van der Waals surface area contributed by atoms with Crippen molar-refractivity contribution in [3.8, 4) is 5.75 Å². The zero-order valence-corrected chi connectivity index (χ0v) is 16.3. The molecular weight excluding hydrogens is 391 g/mol. The molecule has 4 nitrogen and oxygen atoms in total. The van der Waals surface area contributed by atoms with E-state index >= 15 is 0 Å². The fraction of sp³-hybridized carbons (Fsp3) is 0.350. The van der Waals surface area contributed by atoms with Gasteiger partial charge in [-0.05, 0) is 41.7 Å². The molecule has 0 saturated carbocycles. The number of hydrogen-bond donors (Lipinski definition) is 0. The van der Waals surface area contributed by atoms with Crippen LogP contribution in [0.15, 0.2) is 47.4 Å². The Morgan fingerprint density at radius 2 is 1.86 bits per heavy atom. The summed E-state index contributed by atoms with van der Waals surface area (Å²) in [5.41, 5.74) is 2.21. The number of halogens is 3. The molecule has 0 aliphatic carbocycles. The lowest BCUT2D eigenvalue weighted by Crippen LogP contribution is -2.44. The molecule has 3 rings (SSSR count). The zero-order valence-electron chi connectivity index (χ0n) is 15.5. The number of ether oxygens (including phenoxy) is 1. The normalized spacial score (nSPS) is 18.2. The summed E-state index contributed by atoms with van der Waals surface area (Å²) < 4.78 is 57.0. The third kappa shape index (κ3) is 4.06. The standard InChI is InChI=1S/C20H20F3NO3S/c1-27-17-11-15-10-16(13-6-4-3-5-7-13)24(19(25)20(21,22)23)9-8-14(15)12-18(17)28(2)26/h3-7,11-12,16H,8-10H2,1-2H3. The van der Waals surface area contributed by atoms with E-state index in [2.05, 4.69) is 0 Å². The number of carbonyl (C=O) groups excluding carboxylic acids is 1. The van der Waals surface area contributed by atoms with Crippen LogP contribution in [0.3, 0.4) is 0 Å². The van der Waals surface area contributed by atoms with Gasteiger partial charge in [-0.25, -0.2) is 0 Å². The molecule has 0 saturated heterocycles. The van der Waals surface area contributed by atoms with Gasteiger partial charge in [0, 0.05) is 12.8 Å². The highest BCUT2D eigenvalue weighted by atomic mass is 32.2. The highest BCUT2D eigenvalue weighted by Crippen LogP contribution is 2.36. The highest BCUT2D eigenvalue weighted by Gasteiger charge is 2.45. The van der Waals surface area contributed by atoms with E-state index in [0.717, 1.165) is 16.0 Å². The minimum Gasteiger partial charge on any atom is -0.495 e. The monoisotopic (exact) mass is 411 g/mol. The molecule has 2 aromatic rings. The van der Waals surface area contributed by atoms with Gasteiger partial charge in [-0.15, -0.1) is 0 Å². The number of fused-ring (bicyclic) bond motifs is 1. The van der Waals surface area contributed by atoms with E-state index in [1.165, 1.54) is 13.4 Å². The van der Waals surface area contributed by atoms with Crippen molar-refractivity contribution in [3.05, 3.63) is 59.2 Å². The number of carbonyl (C=O) groups is 1. The first-order chi connectivity index (χ1) is 13.2. The summed E-state index contributed by atoms with van der Waals surface area (Å²) in [5.74, 6) is -1.41. The summed E-state index contributed by atoms with van der Waals surface area (Å²) in [4.78, 5) is 13.5. The quantitative estimate of drug-likeness (QED) is 0.775. The second kappa shape index (κ2) is 7.95. The molecule has 2 atom stereocenters. The molecule has 0 bridgehead atoms. The third-order valence-corrected chi connectivity index (χ3v) is 5.83. The smallest absolute Gasteiger partial charge is 0.471 e. The SMILES string of the molecule is COc1cc2c(cc1S(C)=O)CCN(C(=O)C(F)(F)F)C(c1ccccc1)C2. The molecule has 0 radical (unpaired) electrons. The average molecular weight is 411 g/mol. The van der Waals surface area contributed by atoms with E-state index in [-0.39, 0.29) is 19.4 Å². The molecule has 1 aliphatic rings. The summed E-state index contributed by atoms with van der Waals surface area (Å²) in [7, 11) is 0.155. The molecule has 0 N–H and O–H groups in total. The number of nitrogens with zero attached hydrogens (tertiary/aromatic N) is 1. The molecule has 0 fully saturated rings. The summed E-state index contributed by atoms with van der Waals surface area (Å²) in [6, 6.07) is 11.4. The van der Waals surface area contributed by atoms with Gasteiger partial charge < -0.3 is 9.64 Å². The minimum atomic E-state index is -4.95. The lowest BCUT2D eigenvalue weighted by Gasteiger charge is -2.31. The van der Waals surface area contributed by atoms with E-state index in [0.29, 0.717) is 16.2 Å². The minimum absolute atomic E-state index is 0.0764. The van der Waals surface area contributed by atoms with Gasteiger partial charge in [0.1, 0.15) is 5.75 Å². The number of hydrogen-bond acceptors (Lipinski definition) is 3. The van der Waals surface area contributed by atoms with E-state index in [1.54, 1.807) is 42.5 Å². The highest BCUT2D eigenvalue weighted by molar-refractivity contribution is 7.84. The number of benzene rings is 2. The molecule has 1 amide bonds. The lowest BCUT2D eigenvalue weighted by molar-refractivity contribution is -0.188. The van der Waals surface area contributed by atoms with Gasteiger partial charge in [0.15, 0.2) is 0 Å². The number of amides is 1. The summed E-state index contributed by atoms with van der Waals surface area (Å²) >= 11 is 0. The zero-order chi connectivity index (χ0) is 20.5. The predicted octanol–water partition coefficient (Wildman–Crippen LogP) is 3.66. The van der Waals surface area contributed by atoms with Gasteiger partial charge >= 0.3 is 12.1 Å². The molecule has 2 unspecified atom stereocenters. The van der Waals surface area contributed by atoms with Crippen molar-refractivity contribution >= 4 is 16.7 Å². The Morgan fingerprint density at radius 1 is 1.18 bits per heavy atom. The van der Waals surface area contributed by atoms with Crippen molar-refractivity contribution in [1.82, 2.24) is 4.90 Å². The second-order valence-electron chi connectivity index (χ2n) is 6.60. The Balaban J connectivity index is 2.09. The largest absolute Gasteiger partial charge is 0.495 e. The van der Waals surface area contributed by atoms with Gasteiger partial charge in [-0.1, -0.05) is 30.3 Å². The molecular formula is C20H20F3NO3S. The molecule has 2 aromatic carbocycles. The van der Waals surface area contributed by atoms with Crippen LogP contribution >= 0.6 is 0 Å². The van der Waals surface area contributed by atoms with Crippen LogP contribution in [0, 0.1) is 0 Å². The van der Waals surface area contributed by atoms with Crippen LogP contribution in [0.4, 0.5) is 13.2 Å². The van der Waals surface area contributed by atoms with E-state index in [9.17, 15) is 22.2 Å². The van der Waals surface area contributed by atoms with E-state index in [4.69, 9.17) is 4.74 Å². The Bertz CT molecular complexity index is 900. The summed E-state index contributed by atoms with van der Waals surface area (Å²) in [6.45, 7) is -0.0764. The summed E-state index contributed by atoms with van der Waals surface area (Å²) in [6.07, 6.45) is -2.96. The van der Waals surface area contributed by atoms with Crippen LogP contribution in [-0.4, -0.2) is 41.1 Å². The fourth-order valence-corrected chi connectivity index (χ4v) is 4.28. The maximum atomic E-state index is 13.2. The van der Waals surface area contributed by atoms with Crippen molar-refractivity contribution in [1.29, 1.82) is 0 Å². The number of methoxy groups -OCH3 is 1. The van der Waals surface area contributed by atoms with Crippen LogP contribution in [0.2, 0.25) is 0 Å². The van der Waals surface area contributed by atoms with Crippen LogP contribution in [0.1, 0.15) is 22.7 Å². The van der Waals surface area contributed by atoms with Gasteiger partial charge in [-0.2, -0.15) is 13.2 Å². The molecule has 1 heterocycles. The van der Waals surface area contributed by atoms with Gasteiger partial charge in [0.2, 0.25) is 0 Å². The predicted molar refractivity (Wildman–Crippen MR) is 99.7 cm³/mol. The Labute approximate surface area is 163 Å². The van der Waals surface area contributed by atoms with Gasteiger partial charge in [0.05, 0.1) is 28.8 Å². The molecule has 0 spiro atoms. The molecule has 8 heteroatoms. The maximum Gasteiger partial charge on any atom is 0.471 e. The second-order valence-corrected chi connectivity index (χ2v) is 7.95. The fourth-order valence-electron chi connectivity index (χ4n) is 3.55. The molecule has 28 heavy (non-hydrogen) atoms. The third-order valence-electron chi connectivity index (χ3n) is 4.89. The van der Waals surface area contributed by atoms with Crippen LogP contribution in [0.5, 0.6) is 5.75 Å².